The van der Waals surface area contributed by atoms with Crippen LogP contribution in [0.1, 0.15) is 89.6 Å². The van der Waals surface area contributed by atoms with Crippen LogP contribution in [0, 0.1) is 5.92 Å². The van der Waals surface area contributed by atoms with Crippen molar-refractivity contribution in [2.24, 2.45) is 5.92 Å². The normalized spacial score (nSPS) is 16.8. The number of aliphatic hydroxyl groups excluding tert-OH is 1. The van der Waals surface area contributed by atoms with E-state index in [4.69, 9.17) is 0 Å². The van der Waals surface area contributed by atoms with E-state index in [2.05, 4.69) is 43.6 Å². The molecule has 3 rings (SSSR count). The molecule has 0 bridgehead atoms. The van der Waals surface area contributed by atoms with Crippen LogP contribution < -0.4 is 20.3 Å². The van der Waals surface area contributed by atoms with E-state index in [0.29, 0.717) is 48.8 Å². The van der Waals surface area contributed by atoms with Crippen molar-refractivity contribution in [3.63, 3.8) is 0 Å². The molecule has 1 heterocycles. The van der Waals surface area contributed by atoms with Gasteiger partial charge in [0.05, 0.1) is 23.6 Å². The lowest BCUT2D eigenvalue weighted by atomic mass is 9.93. The fourth-order valence-corrected chi connectivity index (χ4v) is 6.97. The van der Waals surface area contributed by atoms with Gasteiger partial charge in [0.2, 0.25) is 10.0 Å². The van der Waals surface area contributed by atoms with Crippen LogP contribution in [0.2, 0.25) is 0 Å². The molecule has 1 saturated heterocycles. The van der Waals surface area contributed by atoms with Crippen LogP contribution in [0.15, 0.2) is 48.5 Å². The maximum absolute atomic E-state index is 13.8. The first-order valence-electron chi connectivity index (χ1n) is 15.5. The fourth-order valence-electron chi connectivity index (χ4n) is 5.35. The van der Waals surface area contributed by atoms with Gasteiger partial charge in [-0.3, -0.25) is 9.10 Å². The van der Waals surface area contributed by atoms with Crippen LogP contribution in [0.4, 0.5) is 11.4 Å². The van der Waals surface area contributed by atoms with Crippen molar-refractivity contribution in [2.45, 2.75) is 104 Å². The van der Waals surface area contributed by atoms with Gasteiger partial charge in [-0.2, -0.15) is 0 Å². The number of sulfonamides is 1. The maximum atomic E-state index is 13.8. The predicted octanol–water partition coefficient (Wildman–Crippen LogP) is 5.33. The van der Waals surface area contributed by atoms with Crippen molar-refractivity contribution in [1.82, 2.24) is 10.6 Å². The van der Waals surface area contributed by atoms with Crippen molar-refractivity contribution in [2.75, 3.05) is 28.5 Å². The number of carbonyl (C=O) groups excluding carboxylic acids is 1. The SMILES string of the molecule is CC(C)CCCC(C)(C)NC[C@@H](O)[C@H](Cc1ccccc1)NC(=O)c1cc(NC(C)C)cc(N2CCCCS2(=O)=O)c1. The zero-order valence-electron chi connectivity index (χ0n) is 26.3. The summed E-state index contributed by atoms with van der Waals surface area (Å²) in [5, 5.41) is 21.3. The number of β-amino-alcohol motifs (C(OH)–C–C–N with tert-alkyl or cyclic N) is 1. The van der Waals surface area contributed by atoms with Crippen molar-refractivity contribution in [3.8, 4) is 0 Å². The number of nitrogens with one attached hydrogen (secondary N) is 3. The first-order valence-corrected chi connectivity index (χ1v) is 17.1. The summed E-state index contributed by atoms with van der Waals surface area (Å²) < 4.78 is 27.2. The number of hydrogen-bond donors (Lipinski definition) is 4. The van der Waals surface area contributed by atoms with E-state index in [1.807, 2.05) is 44.2 Å². The molecule has 0 aliphatic carbocycles. The number of nitrogens with zero attached hydrogens (tertiary/aromatic N) is 1. The third-order valence-corrected chi connectivity index (χ3v) is 9.59. The Morgan fingerprint density at radius 3 is 2.40 bits per heavy atom. The fraction of sp³-hybridized carbons (Fsp3) is 0.606. The van der Waals surface area contributed by atoms with Gasteiger partial charge in [-0.1, -0.05) is 57.0 Å². The molecule has 1 aliphatic heterocycles. The molecule has 4 N–H and O–H groups in total. The lowest BCUT2D eigenvalue weighted by Crippen LogP contribution is -2.52. The van der Waals surface area contributed by atoms with Crippen LogP contribution in [0.3, 0.4) is 0 Å². The highest BCUT2D eigenvalue weighted by atomic mass is 32.2. The minimum absolute atomic E-state index is 0.0942. The second-order valence-electron chi connectivity index (χ2n) is 13.1. The number of hydrogen-bond acceptors (Lipinski definition) is 6. The van der Waals surface area contributed by atoms with Gasteiger partial charge in [0.15, 0.2) is 0 Å². The Kier molecular flexibility index (Phi) is 12.3. The molecule has 234 valence electrons. The molecular weight excluding hydrogens is 548 g/mol. The monoisotopic (exact) mass is 600 g/mol. The van der Waals surface area contributed by atoms with Gasteiger partial charge in [0.1, 0.15) is 0 Å². The van der Waals surface area contributed by atoms with Crippen LogP contribution in [-0.2, 0) is 16.4 Å². The summed E-state index contributed by atoms with van der Waals surface area (Å²) in [6, 6.07) is 14.5. The van der Waals surface area contributed by atoms with Gasteiger partial charge < -0.3 is 21.1 Å². The first kappa shape index (κ1) is 33.9. The molecule has 0 radical (unpaired) electrons. The molecule has 9 heteroatoms. The van der Waals surface area contributed by atoms with E-state index in [1.165, 1.54) is 4.31 Å². The van der Waals surface area contributed by atoms with Crippen LogP contribution in [0.25, 0.3) is 0 Å². The molecule has 1 aliphatic rings. The average Bonchev–Trinajstić information content (AvgIpc) is 2.90. The van der Waals surface area contributed by atoms with Crippen molar-refractivity contribution in [3.05, 3.63) is 59.7 Å². The zero-order valence-corrected chi connectivity index (χ0v) is 27.1. The second-order valence-corrected chi connectivity index (χ2v) is 15.1. The Morgan fingerprint density at radius 1 is 1.05 bits per heavy atom. The third kappa shape index (κ3) is 10.6. The highest BCUT2D eigenvalue weighted by Crippen LogP contribution is 2.28. The van der Waals surface area contributed by atoms with Gasteiger partial charge in [-0.05, 0) is 83.1 Å². The van der Waals surface area contributed by atoms with Crippen LogP contribution >= 0.6 is 0 Å². The largest absolute Gasteiger partial charge is 0.390 e. The summed E-state index contributed by atoms with van der Waals surface area (Å²) in [6.45, 7) is 13.5. The van der Waals surface area contributed by atoms with E-state index in [0.717, 1.165) is 31.2 Å². The molecule has 0 unspecified atom stereocenters. The number of aliphatic hydroxyl groups is 1. The van der Waals surface area contributed by atoms with E-state index in [-0.39, 0.29) is 23.2 Å². The number of rotatable bonds is 15. The molecule has 0 aromatic heterocycles. The standard InChI is InChI=1S/C33H52N4O4S/c1-24(2)13-12-16-33(5,6)34-23-31(38)30(19-26-14-8-7-9-15-26)36-32(39)27-20-28(35-25(3)4)22-29(21-27)37-17-10-11-18-42(37,40)41/h7-9,14-15,20-22,24-25,30-31,34-35,38H,10-13,16-19,23H2,1-6H3,(H,36,39)/t30-,31+/m0/s1. The van der Waals surface area contributed by atoms with Crippen LogP contribution in [0.5, 0.6) is 0 Å². The molecule has 0 saturated carbocycles. The lowest BCUT2D eigenvalue weighted by molar-refractivity contribution is 0.0812. The lowest BCUT2D eigenvalue weighted by Gasteiger charge is -2.31. The van der Waals surface area contributed by atoms with Crippen LogP contribution in [-0.4, -0.2) is 62.0 Å². The Bertz CT molecular complexity index is 1250. The first-order chi connectivity index (χ1) is 19.8. The predicted molar refractivity (Wildman–Crippen MR) is 174 cm³/mol. The third-order valence-electron chi connectivity index (χ3n) is 7.72. The molecule has 1 fully saturated rings. The van der Waals surface area contributed by atoms with E-state index in [1.54, 1.807) is 18.2 Å². The highest BCUT2D eigenvalue weighted by molar-refractivity contribution is 7.92. The minimum Gasteiger partial charge on any atom is -0.390 e. The molecule has 2 atom stereocenters. The van der Waals surface area contributed by atoms with Gasteiger partial charge in [0, 0.05) is 35.9 Å². The van der Waals surface area contributed by atoms with Gasteiger partial charge in [0.25, 0.3) is 5.91 Å². The highest BCUT2D eigenvalue weighted by Gasteiger charge is 2.29. The summed E-state index contributed by atoms with van der Waals surface area (Å²) in [5.41, 5.74) is 2.37. The Labute approximate surface area is 253 Å². The Balaban J connectivity index is 1.83. The van der Waals surface area contributed by atoms with Crippen molar-refractivity contribution < 1.29 is 18.3 Å². The number of benzene rings is 2. The van der Waals surface area contributed by atoms with Gasteiger partial charge in [-0.25, -0.2) is 8.42 Å². The minimum atomic E-state index is -3.45. The summed E-state index contributed by atoms with van der Waals surface area (Å²) in [5.74, 6) is 0.401. The number of anilines is 2. The summed E-state index contributed by atoms with van der Waals surface area (Å²) in [7, 11) is -3.45. The quantitative estimate of drug-likeness (QED) is 0.220. The van der Waals surface area contributed by atoms with Gasteiger partial charge >= 0.3 is 0 Å². The van der Waals surface area contributed by atoms with Crippen molar-refractivity contribution >= 4 is 27.3 Å². The summed E-state index contributed by atoms with van der Waals surface area (Å²) >= 11 is 0. The average molecular weight is 601 g/mol. The molecule has 42 heavy (non-hydrogen) atoms. The number of carbonyl (C=O) groups is 1. The summed E-state index contributed by atoms with van der Waals surface area (Å²) in [4.78, 5) is 13.8. The van der Waals surface area contributed by atoms with Crippen molar-refractivity contribution in [1.29, 1.82) is 0 Å². The molecule has 8 nitrogen and oxygen atoms in total. The zero-order chi connectivity index (χ0) is 30.9. The second kappa shape index (κ2) is 15.2. The molecule has 0 spiro atoms. The Morgan fingerprint density at radius 2 is 1.76 bits per heavy atom. The molecule has 1 amide bonds. The molecular formula is C33H52N4O4S. The van der Waals surface area contributed by atoms with E-state index < -0.39 is 22.2 Å². The summed E-state index contributed by atoms with van der Waals surface area (Å²) in [6.07, 6.45) is 4.29. The van der Waals surface area contributed by atoms with E-state index in [9.17, 15) is 18.3 Å². The molecule has 2 aromatic rings. The smallest absolute Gasteiger partial charge is 0.251 e. The van der Waals surface area contributed by atoms with Gasteiger partial charge in [-0.15, -0.1) is 0 Å². The Hall–Kier alpha value is -2.62. The maximum Gasteiger partial charge on any atom is 0.251 e. The molecule has 2 aromatic carbocycles. The topological polar surface area (TPSA) is 111 Å². The number of amides is 1. The van der Waals surface area contributed by atoms with E-state index >= 15 is 0 Å².